The number of aromatic nitrogens is 2. The molecule has 0 aliphatic heterocycles. The molecule has 0 spiro atoms. The molecule has 5 nitrogen and oxygen atoms in total. The lowest BCUT2D eigenvalue weighted by Crippen LogP contribution is -2.25. The highest BCUT2D eigenvalue weighted by atomic mass is 19.3. The van der Waals surface area contributed by atoms with Crippen LogP contribution in [0.2, 0.25) is 0 Å². The van der Waals surface area contributed by atoms with Gasteiger partial charge in [0.1, 0.15) is 0 Å². The predicted molar refractivity (Wildman–Crippen MR) is 42.6 cm³/mol. The number of carbonyl (C=O) groups is 1. The largest absolute Gasteiger partial charge is 0.333 e. The van der Waals surface area contributed by atoms with E-state index in [-0.39, 0.29) is 5.69 Å². The summed E-state index contributed by atoms with van der Waals surface area (Å²) in [6.45, 7) is -2.75. The first-order valence-electron chi connectivity index (χ1n) is 3.71. The number of halogens is 2. The molecular weight excluding hydrogens is 196 g/mol. The molecule has 1 rings (SSSR count). The summed E-state index contributed by atoms with van der Waals surface area (Å²) in [6.07, 6.45) is 1.03. The SMILES string of the molecule is CON(C)C(=O)c1ccn(C(F)F)n1. The van der Waals surface area contributed by atoms with Gasteiger partial charge in [-0.05, 0) is 6.07 Å². The number of hydroxylamine groups is 2. The van der Waals surface area contributed by atoms with Gasteiger partial charge in [0.2, 0.25) is 0 Å². The zero-order valence-electron chi connectivity index (χ0n) is 7.65. The van der Waals surface area contributed by atoms with Gasteiger partial charge in [-0.15, -0.1) is 0 Å². The van der Waals surface area contributed by atoms with E-state index in [2.05, 4.69) is 9.94 Å². The fourth-order valence-corrected chi connectivity index (χ4v) is 0.805. The molecule has 1 aromatic heterocycles. The molecule has 78 valence electrons. The van der Waals surface area contributed by atoms with E-state index >= 15 is 0 Å². The first kappa shape index (κ1) is 10.6. The minimum Gasteiger partial charge on any atom is -0.274 e. The molecule has 1 heterocycles. The molecule has 0 aromatic carbocycles. The molecule has 0 aliphatic carbocycles. The monoisotopic (exact) mass is 205 g/mol. The number of carbonyl (C=O) groups excluding carboxylic acids is 1. The van der Waals surface area contributed by atoms with E-state index < -0.39 is 12.5 Å². The highest BCUT2D eigenvalue weighted by Crippen LogP contribution is 2.09. The van der Waals surface area contributed by atoms with Gasteiger partial charge in [0.25, 0.3) is 5.91 Å². The van der Waals surface area contributed by atoms with E-state index in [1.807, 2.05) is 0 Å². The summed E-state index contributed by atoms with van der Waals surface area (Å²) in [4.78, 5) is 15.9. The van der Waals surface area contributed by atoms with Crippen molar-refractivity contribution >= 4 is 5.91 Å². The first-order chi connectivity index (χ1) is 6.56. The van der Waals surface area contributed by atoms with Crippen molar-refractivity contribution in [3.8, 4) is 0 Å². The molecule has 0 atom stereocenters. The average molecular weight is 205 g/mol. The Labute approximate surface area is 78.8 Å². The molecule has 0 bridgehead atoms. The maximum Gasteiger partial charge on any atom is 0.333 e. The van der Waals surface area contributed by atoms with Crippen LogP contribution in [0.4, 0.5) is 8.78 Å². The van der Waals surface area contributed by atoms with E-state index in [0.717, 1.165) is 11.3 Å². The van der Waals surface area contributed by atoms with Crippen molar-refractivity contribution in [2.45, 2.75) is 6.55 Å². The van der Waals surface area contributed by atoms with Gasteiger partial charge in [-0.3, -0.25) is 9.63 Å². The van der Waals surface area contributed by atoms with Crippen LogP contribution in [-0.4, -0.2) is 34.9 Å². The minimum atomic E-state index is -2.75. The number of hydrogen-bond acceptors (Lipinski definition) is 3. The van der Waals surface area contributed by atoms with Crippen LogP contribution in [-0.2, 0) is 4.84 Å². The van der Waals surface area contributed by atoms with Gasteiger partial charge in [0, 0.05) is 13.2 Å². The topological polar surface area (TPSA) is 47.4 Å². The Morgan fingerprint density at radius 3 is 2.79 bits per heavy atom. The Morgan fingerprint density at radius 2 is 2.36 bits per heavy atom. The van der Waals surface area contributed by atoms with Crippen molar-refractivity contribution in [1.29, 1.82) is 0 Å². The summed E-state index contributed by atoms with van der Waals surface area (Å²) in [5.74, 6) is -0.577. The van der Waals surface area contributed by atoms with Crippen molar-refractivity contribution < 1.29 is 18.4 Å². The lowest BCUT2D eigenvalue weighted by atomic mass is 10.4. The van der Waals surface area contributed by atoms with Gasteiger partial charge >= 0.3 is 6.55 Å². The Morgan fingerprint density at radius 1 is 1.71 bits per heavy atom. The number of nitrogens with zero attached hydrogens (tertiary/aromatic N) is 3. The molecule has 0 N–H and O–H groups in total. The first-order valence-corrected chi connectivity index (χ1v) is 3.71. The molecule has 0 aliphatic rings. The van der Waals surface area contributed by atoms with E-state index in [1.165, 1.54) is 20.2 Å². The van der Waals surface area contributed by atoms with Crippen LogP contribution >= 0.6 is 0 Å². The van der Waals surface area contributed by atoms with Crippen LogP contribution in [0.25, 0.3) is 0 Å². The van der Waals surface area contributed by atoms with Crippen molar-refractivity contribution in [2.75, 3.05) is 14.2 Å². The second-order valence-electron chi connectivity index (χ2n) is 2.44. The van der Waals surface area contributed by atoms with Crippen LogP contribution in [0.15, 0.2) is 12.3 Å². The standard InChI is InChI=1S/C7H9F2N3O2/c1-11(14-2)6(13)5-3-4-12(10-5)7(8)9/h3-4,7H,1-2H3. The normalized spacial score (nSPS) is 10.6. The molecule has 0 unspecified atom stereocenters. The maximum absolute atomic E-state index is 12.1. The van der Waals surface area contributed by atoms with Gasteiger partial charge in [-0.2, -0.15) is 13.9 Å². The smallest absolute Gasteiger partial charge is 0.274 e. The maximum atomic E-state index is 12.1. The number of rotatable bonds is 3. The van der Waals surface area contributed by atoms with Crippen LogP contribution in [0, 0.1) is 0 Å². The van der Waals surface area contributed by atoms with Crippen molar-refractivity contribution in [3.63, 3.8) is 0 Å². The Hall–Kier alpha value is -1.50. The fraction of sp³-hybridized carbons (Fsp3) is 0.429. The highest BCUT2D eigenvalue weighted by molar-refractivity contribution is 5.91. The quantitative estimate of drug-likeness (QED) is 0.689. The second kappa shape index (κ2) is 4.14. The van der Waals surface area contributed by atoms with E-state index in [1.54, 1.807) is 0 Å². The summed E-state index contributed by atoms with van der Waals surface area (Å²) in [7, 11) is 2.66. The predicted octanol–water partition coefficient (Wildman–Crippen LogP) is 0.912. The summed E-state index contributed by atoms with van der Waals surface area (Å²) < 4.78 is 24.5. The van der Waals surface area contributed by atoms with Gasteiger partial charge < -0.3 is 0 Å². The number of hydrogen-bond donors (Lipinski definition) is 0. The minimum absolute atomic E-state index is 0.0883. The Balaban J connectivity index is 2.81. The lowest BCUT2D eigenvalue weighted by molar-refractivity contribution is -0.0761. The molecule has 1 aromatic rings. The molecule has 0 fully saturated rings. The Bertz CT molecular complexity index is 326. The van der Waals surface area contributed by atoms with Gasteiger partial charge in [-0.1, -0.05) is 0 Å². The molecule has 0 radical (unpaired) electrons. The van der Waals surface area contributed by atoms with E-state index in [4.69, 9.17) is 0 Å². The van der Waals surface area contributed by atoms with E-state index in [0.29, 0.717) is 4.68 Å². The zero-order chi connectivity index (χ0) is 10.7. The van der Waals surface area contributed by atoms with Crippen molar-refractivity contribution in [2.24, 2.45) is 0 Å². The van der Waals surface area contributed by atoms with Crippen LogP contribution in [0.3, 0.4) is 0 Å². The van der Waals surface area contributed by atoms with Crippen LogP contribution in [0.5, 0.6) is 0 Å². The molecule has 0 saturated carbocycles. The summed E-state index contributed by atoms with van der Waals surface area (Å²) in [6, 6.07) is 1.20. The van der Waals surface area contributed by atoms with Gasteiger partial charge in [0.05, 0.1) is 7.11 Å². The van der Waals surface area contributed by atoms with E-state index in [9.17, 15) is 13.6 Å². The van der Waals surface area contributed by atoms with Gasteiger partial charge in [-0.25, -0.2) is 9.75 Å². The molecule has 1 amide bonds. The summed E-state index contributed by atoms with van der Waals surface area (Å²) >= 11 is 0. The van der Waals surface area contributed by atoms with Crippen LogP contribution in [0.1, 0.15) is 17.0 Å². The fourth-order valence-electron chi connectivity index (χ4n) is 0.805. The van der Waals surface area contributed by atoms with Crippen molar-refractivity contribution in [3.05, 3.63) is 18.0 Å². The average Bonchev–Trinajstić information content (AvgIpc) is 2.64. The van der Waals surface area contributed by atoms with Crippen LogP contribution < -0.4 is 0 Å². The number of amides is 1. The summed E-state index contributed by atoms with van der Waals surface area (Å²) in [5, 5.41) is 4.28. The number of alkyl halides is 2. The lowest BCUT2D eigenvalue weighted by Gasteiger charge is -2.11. The third-order valence-corrected chi connectivity index (χ3v) is 1.59. The molecular formula is C7H9F2N3O2. The van der Waals surface area contributed by atoms with Gasteiger partial charge in [0.15, 0.2) is 5.69 Å². The Kier molecular flexibility index (Phi) is 3.13. The van der Waals surface area contributed by atoms with Crippen molar-refractivity contribution in [1.82, 2.24) is 14.8 Å². The second-order valence-corrected chi connectivity index (χ2v) is 2.44. The third-order valence-electron chi connectivity index (χ3n) is 1.59. The highest BCUT2D eigenvalue weighted by Gasteiger charge is 2.16. The molecule has 0 saturated heterocycles. The molecule has 7 heteroatoms. The zero-order valence-corrected chi connectivity index (χ0v) is 7.65. The summed E-state index contributed by atoms with van der Waals surface area (Å²) in [5.41, 5.74) is -0.0883. The molecule has 14 heavy (non-hydrogen) atoms. The third kappa shape index (κ3) is 2.05.